The van der Waals surface area contributed by atoms with Crippen molar-refractivity contribution in [1.29, 1.82) is 0 Å². The van der Waals surface area contributed by atoms with Crippen LogP contribution >= 0.6 is 11.3 Å². The molecule has 0 atom stereocenters. The van der Waals surface area contributed by atoms with Gasteiger partial charge in [0.05, 0.1) is 12.7 Å². The lowest BCUT2D eigenvalue weighted by atomic mass is 10.2. The van der Waals surface area contributed by atoms with Crippen molar-refractivity contribution >= 4 is 11.3 Å². The highest BCUT2D eigenvalue weighted by atomic mass is 32.1. The Bertz CT molecular complexity index is 1010. The summed E-state index contributed by atoms with van der Waals surface area (Å²) in [6.45, 7) is 0. The first-order valence-electron chi connectivity index (χ1n) is 8.31. The zero-order valence-corrected chi connectivity index (χ0v) is 15.1. The summed E-state index contributed by atoms with van der Waals surface area (Å²) in [6, 6.07) is 27.8. The van der Waals surface area contributed by atoms with E-state index >= 15 is 0 Å². The molecule has 0 radical (unpaired) electrons. The van der Waals surface area contributed by atoms with Gasteiger partial charge < -0.3 is 9.84 Å². The first kappa shape index (κ1) is 16.4. The first-order chi connectivity index (χ1) is 12.8. The average molecular weight is 360 g/mol. The van der Waals surface area contributed by atoms with Crippen molar-refractivity contribution in [2.45, 2.75) is 0 Å². The van der Waals surface area contributed by atoms with Crippen molar-refractivity contribution in [3.8, 4) is 38.3 Å². The third kappa shape index (κ3) is 2.95. The van der Waals surface area contributed by atoms with Crippen molar-refractivity contribution in [1.82, 2.24) is 0 Å². The zero-order valence-electron chi connectivity index (χ0n) is 14.3. The van der Waals surface area contributed by atoms with E-state index in [0.717, 1.165) is 32.4 Å². The molecule has 0 bridgehead atoms. The molecule has 0 spiro atoms. The Morgan fingerprint density at radius 3 is 2.00 bits per heavy atom. The number of rotatable bonds is 4. The highest BCUT2D eigenvalue weighted by Crippen LogP contribution is 2.39. The summed E-state index contributed by atoms with van der Waals surface area (Å²) < 4.78 is 7.16. The van der Waals surface area contributed by atoms with Gasteiger partial charge in [-0.05, 0) is 24.3 Å². The molecule has 3 nitrogen and oxygen atoms in total. The molecule has 0 fully saturated rings. The summed E-state index contributed by atoms with van der Waals surface area (Å²) in [4.78, 5) is 0.847. The Balaban J connectivity index is 1.94. The van der Waals surface area contributed by atoms with Gasteiger partial charge in [-0.1, -0.05) is 59.9 Å². The van der Waals surface area contributed by atoms with Gasteiger partial charge in [-0.3, -0.25) is 0 Å². The van der Waals surface area contributed by atoms with Crippen LogP contribution in [-0.4, -0.2) is 12.2 Å². The second-order valence-corrected chi connectivity index (χ2v) is 6.82. The van der Waals surface area contributed by atoms with Gasteiger partial charge in [0.1, 0.15) is 5.75 Å². The largest absolute Gasteiger partial charge is 0.497 e. The molecule has 0 amide bonds. The molecular formula is C22H18NO2S+. The number of thiazole rings is 1. The smallest absolute Gasteiger partial charge is 0.391 e. The Hall–Kier alpha value is -3.11. The second-order valence-electron chi connectivity index (χ2n) is 5.83. The molecule has 3 aromatic carbocycles. The van der Waals surface area contributed by atoms with Crippen LogP contribution in [0.25, 0.3) is 26.7 Å². The average Bonchev–Trinajstić information content (AvgIpc) is 3.06. The monoisotopic (exact) mass is 360 g/mol. The normalized spacial score (nSPS) is 10.7. The molecule has 0 aliphatic heterocycles. The number of ether oxygens (including phenoxy) is 1. The zero-order chi connectivity index (χ0) is 17.9. The number of para-hydroxylation sites is 1. The van der Waals surface area contributed by atoms with Gasteiger partial charge in [-0.25, -0.2) is 0 Å². The number of aromatic hydroxyl groups is 1. The lowest BCUT2D eigenvalue weighted by molar-refractivity contribution is -0.587. The van der Waals surface area contributed by atoms with E-state index in [4.69, 9.17) is 4.74 Å². The summed E-state index contributed by atoms with van der Waals surface area (Å²) in [5, 5.41) is 12.0. The minimum atomic E-state index is 0.248. The maximum absolute atomic E-state index is 11.0. The summed E-state index contributed by atoms with van der Waals surface area (Å²) in [5.41, 5.74) is 2.95. The fourth-order valence-corrected chi connectivity index (χ4v) is 4.07. The molecule has 4 heteroatoms. The minimum absolute atomic E-state index is 0.248. The molecule has 128 valence electrons. The number of methoxy groups -OCH3 is 1. The third-order valence-electron chi connectivity index (χ3n) is 4.20. The van der Waals surface area contributed by atoms with Gasteiger partial charge in [0.25, 0.3) is 5.01 Å². The van der Waals surface area contributed by atoms with Crippen LogP contribution in [0.4, 0.5) is 0 Å². The summed E-state index contributed by atoms with van der Waals surface area (Å²) in [5.74, 6) is 1.06. The molecule has 0 aliphatic rings. The van der Waals surface area contributed by atoms with E-state index in [1.165, 1.54) is 0 Å². The van der Waals surface area contributed by atoms with Crippen molar-refractivity contribution in [2.75, 3.05) is 7.11 Å². The van der Waals surface area contributed by atoms with E-state index < -0.39 is 0 Å². The molecule has 4 rings (SSSR count). The molecule has 1 aromatic heterocycles. The highest BCUT2D eigenvalue weighted by Gasteiger charge is 2.30. The van der Waals surface area contributed by atoms with E-state index in [2.05, 4.69) is 0 Å². The van der Waals surface area contributed by atoms with Gasteiger partial charge in [0, 0.05) is 17.7 Å². The van der Waals surface area contributed by atoms with E-state index in [1.807, 2.05) is 89.5 Å². The van der Waals surface area contributed by atoms with Crippen molar-refractivity contribution in [3.63, 3.8) is 0 Å². The van der Waals surface area contributed by atoms with E-state index in [0.29, 0.717) is 0 Å². The summed E-state index contributed by atoms with van der Waals surface area (Å²) in [6.07, 6.45) is 0. The number of nitrogens with zero attached hydrogens (tertiary/aromatic N) is 1. The van der Waals surface area contributed by atoms with Crippen molar-refractivity contribution < 1.29 is 14.4 Å². The van der Waals surface area contributed by atoms with Gasteiger partial charge in [0.2, 0.25) is 5.69 Å². The molecule has 4 aromatic rings. The first-order valence-corrected chi connectivity index (χ1v) is 9.12. The molecule has 0 saturated carbocycles. The Labute approximate surface area is 156 Å². The van der Waals surface area contributed by atoms with Gasteiger partial charge in [0.15, 0.2) is 4.88 Å². The number of benzene rings is 3. The Kier molecular flexibility index (Phi) is 4.42. The Morgan fingerprint density at radius 1 is 0.769 bits per heavy atom. The van der Waals surface area contributed by atoms with Crippen LogP contribution in [0, 0.1) is 0 Å². The highest BCUT2D eigenvalue weighted by molar-refractivity contribution is 7.18. The maximum atomic E-state index is 11.0. The lowest BCUT2D eigenvalue weighted by Gasteiger charge is -2.01. The van der Waals surface area contributed by atoms with Crippen molar-refractivity contribution in [2.24, 2.45) is 0 Å². The molecule has 1 N–H and O–H groups in total. The third-order valence-corrected chi connectivity index (χ3v) is 5.44. The topological polar surface area (TPSA) is 33.3 Å². The SMILES string of the molecule is COc1ccc(-c2sc(-c3ccccc3)c(O)[n+]2-c2ccccc2)cc1. The number of aromatic nitrogens is 1. The summed E-state index contributed by atoms with van der Waals surface area (Å²) >= 11 is 1.57. The van der Waals surface area contributed by atoms with Crippen LogP contribution in [0.1, 0.15) is 0 Å². The van der Waals surface area contributed by atoms with Gasteiger partial charge in [-0.2, -0.15) is 0 Å². The molecule has 0 unspecified atom stereocenters. The maximum Gasteiger partial charge on any atom is 0.391 e. The Morgan fingerprint density at radius 2 is 1.38 bits per heavy atom. The summed E-state index contributed by atoms with van der Waals surface area (Å²) in [7, 11) is 1.66. The van der Waals surface area contributed by atoms with Crippen LogP contribution < -0.4 is 9.30 Å². The minimum Gasteiger partial charge on any atom is -0.497 e. The predicted molar refractivity (Wildman–Crippen MR) is 105 cm³/mol. The van der Waals surface area contributed by atoms with Crippen LogP contribution in [-0.2, 0) is 0 Å². The molecule has 1 heterocycles. The second kappa shape index (κ2) is 7.02. The lowest BCUT2D eigenvalue weighted by Crippen LogP contribution is -2.30. The number of hydrogen-bond donors (Lipinski definition) is 1. The van der Waals surface area contributed by atoms with Crippen LogP contribution in [0.2, 0.25) is 0 Å². The molecule has 0 aliphatic carbocycles. The van der Waals surface area contributed by atoms with Crippen LogP contribution in [0.3, 0.4) is 0 Å². The molecular weight excluding hydrogens is 342 g/mol. The molecule has 26 heavy (non-hydrogen) atoms. The van der Waals surface area contributed by atoms with Crippen LogP contribution in [0.15, 0.2) is 84.9 Å². The quantitative estimate of drug-likeness (QED) is 0.515. The van der Waals surface area contributed by atoms with E-state index in [1.54, 1.807) is 18.4 Å². The fourth-order valence-electron chi connectivity index (χ4n) is 2.90. The van der Waals surface area contributed by atoms with E-state index in [-0.39, 0.29) is 5.88 Å². The standard InChI is InChI=1S/C22H17NO2S/c1-25-19-14-12-17(13-15-19)22-23(18-10-6-3-7-11-18)21(24)20(26-22)16-8-4-2-5-9-16/h2-15H,1H3/p+1. The predicted octanol–water partition coefficient (Wildman–Crippen LogP) is 5.07. The van der Waals surface area contributed by atoms with Crippen molar-refractivity contribution in [3.05, 3.63) is 84.9 Å². The number of hydrogen-bond acceptors (Lipinski definition) is 3. The fraction of sp³-hybridized carbons (Fsp3) is 0.0455. The van der Waals surface area contributed by atoms with Gasteiger partial charge >= 0.3 is 5.88 Å². The van der Waals surface area contributed by atoms with Gasteiger partial charge in [-0.15, -0.1) is 4.57 Å². The van der Waals surface area contributed by atoms with Crippen LogP contribution in [0.5, 0.6) is 11.6 Å². The van der Waals surface area contributed by atoms with E-state index in [9.17, 15) is 5.11 Å². The molecule has 0 saturated heterocycles.